The summed E-state index contributed by atoms with van der Waals surface area (Å²) in [4.78, 5) is 14.6. The molecule has 3 rings (SSSR count). The largest absolute Gasteiger partial charge is 0.379 e. The lowest BCUT2D eigenvalue weighted by atomic mass is 9.65. The molecule has 19 heavy (non-hydrogen) atoms. The molecule has 2 saturated carbocycles. The highest BCUT2D eigenvalue weighted by Crippen LogP contribution is 2.42. The molecule has 1 heterocycles. The number of fused-ring (bicyclic) bond motifs is 2. The molecule has 3 fully saturated rings. The lowest BCUT2D eigenvalue weighted by molar-refractivity contribution is -0.139. The number of carbonyl (C=O) groups is 1. The molecule has 2 aliphatic carbocycles. The van der Waals surface area contributed by atoms with Crippen molar-refractivity contribution in [3.8, 4) is 0 Å². The Bertz CT molecular complexity index is 327. The zero-order valence-corrected chi connectivity index (χ0v) is 11.9. The third-order valence-corrected chi connectivity index (χ3v) is 5.56. The summed E-state index contributed by atoms with van der Waals surface area (Å²) in [5.74, 6) is 1.70. The first-order valence-electron chi connectivity index (χ1n) is 7.77. The minimum atomic E-state index is 0.209. The van der Waals surface area contributed by atoms with E-state index in [4.69, 9.17) is 10.5 Å². The third kappa shape index (κ3) is 2.52. The number of nitrogens with zero attached hydrogens (tertiary/aromatic N) is 1. The maximum atomic E-state index is 12.7. The van der Waals surface area contributed by atoms with Crippen molar-refractivity contribution in [1.82, 2.24) is 4.90 Å². The van der Waals surface area contributed by atoms with Crippen LogP contribution >= 0.6 is 0 Å². The molecular formula is C15H26N2O2. The molecule has 1 aliphatic heterocycles. The fourth-order valence-corrected chi connectivity index (χ4v) is 4.29. The molecule has 0 spiro atoms. The molecule has 3 unspecified atom stereocenters. The van der Waals surface area contributed by atoms with Gasteiger partial charge in [-0.1, -0.05) is 6.42 Å². The van der Waals surface area contributed by atoms with E-state index in [9.17, 15) is 4.79 Å². The van der Waals surface area contributed by atoms with E-state index in [0.717, 1.165) is 25.9 Å². The summed E-state index contributed by atoms with van der Waals surface area (Å²) >= 11 is 0. The zero-order chi connectivity index (χ0) is 13.4. The Morgan fingerprint density at radius 3 is 2.47 bits per heavy atom. The van der Waals surface area contributed by atoms with Crippen LogP contribution in [0.3, 0.4) is 0 Å². The Balaban J connectivity index is 1.64. The van der Waals surface area contributed by atoms with Gasteiger partial charge in [0.25, 0.3) is 0 Å². The summed E-state index contributed by atoms with van der Waals surface area (Å²) in [7, 11) is 1.95. The number of carbonyl (C=O) groups excluding carboxylic acids is 1. The van der Waals surface area contributed by atoms with Gasteiger partial charge in [-0.3, -0.25) is 4.79 Å². The van der Waals surface area contributed by atoms with Crippen molar-refractivity contribution < 1.29 is 9.53 Å². The fourth-order valence-electron chi connectivity index (χ4n) is 4.29. The van der Waals surface area contributed by atoms with Crippen LogP contribution in [0.4, 0.5) is 0 Å². The highest BCUT2D eigenvalue weighted by atomic mass is 16.5. The molecule has 2 bridgehead atoms. The van der Waals surface area contributed by atoms with Crippen LogP contribution in [-0.4, -0.2) is 43.2 Å². The van der Waals surface area contributed by atoms with Gasteiger partial charge in [0, 0.05) is 25.6 Å². The van der Waals surface area contributed by atoms with Crippen molar-refractivity contribution in [2.45, 2.75) is 50.6 Å². The molecule has 2 N–H and O–H groups in total. The fraction of sp³-hybridized carbons (Fsp3) is 0.933. The second-order valence-electron chi connectivity index (χ2n) is 6.66. The summed E-state index contributed by atoms with van der Waals surface area (Å²) in [6.07, 6.45) is 6.75. The van der Waals surface area contributed by atoms with Crippen LogP contribution < -0.4 is 5.73 Å². The van der Waals surface area contributed by atoms with Crippen molar-refractivity contribution in [3.05, 3.63) is 0 Å². The molecule has 3 atom stereocenters. The van der Waals surface area contributed by atoms with Crippen LogP contribution in [-0.2, 0) is 9.53 Å². The first-order valence-corrected chi connectivity index (χ1v) is 7.77. The predicted molar refractivity (Wildman–Crippen MR) is 73.5 cm³/mol. The van der Waals surface area contributed by atoms with Gasteiger partial charge < -0.3 is 15.4 Å². The van der Waals surface area contributed by atoms with Crippen LogP contribution in [0.1, 0.15) is 38.5 Å². The minimum Gasteiger partial charge on any atom is -0.379 e. The number of likely N-dealkylation sites (N-methyl/N-ethyl adjacent to an activating group) is 1. The topological polar surface area (TPSA) is 55.6 Å². The standard InChI is InChI=1S/C15H26N2O2/c1-17(13-5-6-19-9-13)15(18)12-7-10-3-2-4-11(8-12)14(10)16/h10-14H,2-9,16H2,1H3. The van der Waals surface area contributed by atoms with Crippen molar-refractivity contribution in [2.75, 3.05) is 20.3 Å². The SMILES string of the molecule is CN(C(=O)C1CC2CCCC(C1)C2N)C1CCOC1. The molecule has 4 heteroatoms. The Kier molecular flexibility index (Phi) is 3.81. The van der Waals surface area contributed by atoms with Gasteiger partial charge in [0.15, 0.2) is 0 Å². The summed E-state index contributed by atoms with van der Waals surface area (Å²) in [5, 5.41) is 0. The average molecular weight is 266 g/mol. The predicted octanol–water partition coefficient (Wildman–Crippen LogP) is 1.39. The highest BCUT2D eigenvalue weighted by Gasteiger charge is 2.42. The Labute approximate surface area is 115 Å². The third-order valence-electron chi connectivity index (χ3n) is 5.56. The van der Waals surface area contributed by atoms with Crippen LogP contribution in [0.25, 0.3) is 0 Å². The number of nitrogens with two attached hydrogens (primary N) is 1. The second kappa shape index (κ2) is 5.41. The minimum absolute atomic E-state index is 0.209. The van der Waals surface area contributed by atoms with Gasteiger partial charge in [-0.25, -0.2) is 0 Å². The van der Waals surface area contributed by atoms with E-state index in [1.165, 1.54) is 19.3 Å². The molecular weight excluding hydrogens is 240 g/mol. The van der Waals surface area contributed by atoms with Gasteiger partial charge in [0.1, 0.15) is 0 Å². The smallest absolute Gasteiger partial charge is 0.225 e. The van der Waals surface area contributed by atoms with Crippen LogP contribution in [0.15, 0.2) is 0 Å². The first kappa shape index (κ1) is 13.4. The van der Waals surface area contributed by atoms with Gasteiger partial charge in [0.05, 0.1) is 12.6 Å². The van der Waals surface area contributed by atoms with Crippen molar-refractivity contribution in [1.29, 1.82) is 0 Å². The number of amides is 1. The van der Waals surface area contributed by atoms with Crippen molar-refractivity contribution in [2.24, 2.45) is 23.5 Å². The van der Waals surface area contributed by atoms with Gasteiger partial charge in [0.2, 0.25) is 5.91 Å². The summed E-state index contributed by atoms with van der Waals surface area (Å²) < 4.78 is 5.39. The molecule has 1 saturated heterocycles. The van der Waals surface area contributed by atoms with E-state index in [-0.39, 0.29) is 5.92 Å². The Morgan fingerprint density at radius 1 is 1.21 bits per heavy atom. The first-order chi connectivity index (χ1) is 9.16. The maximum Gasteiger partial charge on any atom is 0.225 e. The van der Waals surface area contributed by atoms with E-state index in [2.05, 4.69) is 0 Å². The molecule has 3 aliphatic rings. The van der Waals surface area contributed by atoms with Gasteiger partial charge in [-0.2, -0.15) is 0 Å². The number of ether oxygens (including phenoxy) is 1. The summed E-state index contributed by atoms with van der Waals surface area (Å²) in [5.41, 5.74) is 6.30. The zero-order valence-electron chi connectivity index (χ0n) is 11.9. The van der Waals surface area contributed by atoms with Gasteiger partial charge >= 0.3 is 0 Å². The van der Waals surface area contributed by atoms with E-state index in [0.29, 0.717) is 36.4 Å². The van der Waals surface area contributed by atoms with Crippen LogP contribution in [0, 0.1) is 17.8 Å². The normalized spacial score (nSPS) is 42.1. The number of rotatable bonds is 2. The lowest BCUT2D eigenvalue weighted by Crippen LogP contribution is -2.50. The number of hydrogen-bond donors (Lipinski definition) is 1. The monoisotopic (exact) mass is 266 g/mol. The Hall–Kier alpha value is -0.610. The lowest BCUT2D eigenvalue weighted by Gasteiger charge is -2.44. The van der Waals surface area contributed by atoms with Crippen molar-refractivity contribution >= 4 is 5.91 Å². The quantitative estimate of drug-likeness (QED) is 0.821. The van der Waals surface area contributed by atoms with Crippen LogP contribution in [0.2, 0.25) is 0 Å². The maximum absolute atomic E-state index is 12.7. The van der Waals surface area contributed by atoms with Gasteiger partial charge in [-0.15, -0.1) is 0 Å². The van der Waals surface area contributed by atoms with Gasteiger partial charge in [-0.05, 0) is 43.9 Å². The highest BCUT2D eigenvalue weighted by molar-refractivity contribution is 5.79. The molecule has 0 aromatic carbocycles. The van der Waals surface area contributed by atoms with E-state index in [1.807, 2.05) is 11.9 Å². The molecule has 108 valence electrons. The van der Waals surface area contributed by atoms with Crippen LogP contribution in [0.5, 0.6) is 0 Å². The van der Waals surface area contributed by atoms with E-state index in [1.54, 1.807) is 0 Å². The molecule has 0 radical (unpaired) electrons. The number of hydrogen-bond acceptors (Lipinski definition) is 3. The average Bonchev–Trinajstić information content (AvgIpc) is 2.90. The van der Waals surface area contributed by atoms with Crippen molar-refractivity contribution in [3.63, 3.8) is 0 Å². The summed E-state index contributed by atoms with van der Waals surface area (Å²) in [6.45, 7) is 1.50. The molecule has 0 aromatic heterocycles. The molecule has 1 amide bonds. The molecule has 4 nitrogen and oxygen atoms in total. The van der Waals surface area contributed by atoms with E-state index < -0.39 is 0 Å². The second-order valence-corrected chi connectivity index (χ2v) is 6.66. The molecule has 0 aromatic rings. The Morgan fingerprint density at radius 2 is 1.89 bits per heavy atom. The summed E-state index contributed by atoms with van der Waals surface area (Å²) in [6, 6.07) is 0.640. The van der Waals surface area contributed by atoms with E-state index >= 15 is 0 Å².